The van der Waals surface area contributed by atoms with Crippen LogP contribution in [0.3, 0.4) is 0 Å². The molecule has 0 fully saturated rings. The molecule has 3 nitrogen and oxygen atoms in total. The van der Waals surface area contributed by atoms with Crippen molar-refractivity contribution in [3.8, 4) is 5.75 Å². The molecule has 0 bridgehead atoms. The lowest BCUT2D eigenvalue weighted by atomic mass is 10.2. The molecule has 14 heavy (non-hydrogen) atoms. The minimum Gasteiger partial charge on any atom is -0.435 e. The number of ether oxygens (including phenoxy) is 1. The van der Waals surface area contributed by atoms with Crippen LogP contribution in [0.1, 0.15) is 5.56 Å². The fourth-order valence-corrected chi connectivity index (χ4v) is 0.911. The minimum absolute atomic E-state index is 0.124. The molecule has 0 aliphatic carbocycles. The van der Waals surface area contributed by atoms with E-state index >= 15 is 0 Å². The first-order valence-corrected chi connectivity index (χ1v) is 3.68. The van der Waals surface area contributed by atoms with Crippen molar-refractivity contribution in [2.75, 3.05) is 0 Å². The van der Waals surface area contributed by atoms with Crippen LogP contribution in [0.5, 0.6) is 5.75 Å². The molecule has 0 aliphatic rings. The second-order valence-corrected chi connectivity index (χ2v) is 2.44. The molecule has 0 radical (unpaired) electrons. The van der Waals surface area contributed by atoms with E-state index in [1.165, 1.54) is 12.1 Å². The summed E-state index contributed by atoms with van der Waals surface area (Å²) in [6, 6.07) is 3.32. The third-order valence-corrected chi connectivity index (χ3v) is 1.49. The highest BCUT2D eigenvalue weighted by Gasteiger charge is 2.08. The van der Waals surface area contributed by atoms with Gasteiger partial charge in [0.2, 0.25) is 0 Å². The summed E-state index contributed by atoms with van der Waals surface area (Å²) in [6.07, 6.45) is 0. The summed E-state index contributed by atoms with van der Waals surface area (Å²) in [5.74, 6) is 3.79. The molecule has 0 aliphatic heterocycles. The SMILES string of the molecule is NOCc1ccc(OC(F)F)cc1F. The van der Waals surface area contributed by atoms with Crippen LogP contribution in [0.25, 0.3) is 0 Å². The Bertz CT molecular complexity index is 307. The van der Waals surface area contributed by atoms with E-state index in [0.717, 1.165) is 6.07 Å². The number of hydrogen-bond acceptors (Lipinski definition) is 3. The Kier molecular flexibility index (Phi) is 3.73. The van der Waals surface area contributed by atoms with Crippen LogP contribution in [-0.4, -0.2) is 6.61 Å². The monoisotopic (exact) mass is 207 g/mol. The van der Waals surface area contributed by atoms with Crippen molar-refractivity contribution in [2.24, 2.45) is 5.90 Å². The van der Waals surface area contributed by atoms with Crippen LogP contribution in [0.2, 0.25) is 0 Å². The summed E-state index contributed by atoms with van der Waals surface area (Å²) in [5.41, 5.74) is 0.175. The molecule has 78 valence electrons. The molecule has 0 unspecified atom stereocenters. The normalized spacial score (nSPS) is 10.6. The van der Waals surface area contributed by atoms with E-state index in [2.05, 4.69) is 9.57 Å². The molecule has 0 saturated carbocycles. The van der Waals surface area contributed by atoms with Crippen molar-refractivity contribution in [1.82, 2.24) is 0 Å². The number of benzene rings is 1. The largest absolute Gasteiger partial charge is 0.435 e. The zero-order valence-corrected chi connectivity index (χ0v) is 7.04. The van der Waals surface area contributed by atoms with Gasteiger partial charge in [0.15, 0.2) is 0 Å². The van der Waals surface area contributed by atoms with E-state index in [1.54, 1.807) is 0 Å². The van der Waals surface area contributed by atoms with Gasteiger partial charge >= 0.3 is 6.61 Å². The summed E-state index contributed by atoms with van der Waals surface area (Å²) < 4.78 is 40.4. The Morgan fingerprint density at radius 1 is 1.36 bits per heavy atom. The number of alkyl halides is 2. The number of nitrogens with two attached hydrogens (primary N) is 1. The minimum atomic E-state index is -2.97. The Morgan fingerprint density at radius 3 is 2.57 bits per heavy atom. The molecule has 1 rings (SSSR count). The van der Waals surface area contributed by atoms with E-state index in [4.69, 9.17) is 5.90 Å². The number of halogens is 3. The zero-order chi connectivity index (χ0) is 10.6. The number of hydrogen-bond donors (Lipinski definition) is 1. The first-order valence-electron chi connectivity index (χ1n) is 3.68. The van der Waals surface area contributed by atoms with Crippen LogP contribution in [-0.2, 0) is 11.4 Å². The average molecular weight is 207 g/mol. The summed E-state index contributed by atoms with van der Waals surface area (Å²) in [5, 5.41) is 0. The highest BCUT2D eigenvalue weighted by Crippen LogP contribution is 2.18. The molecule has 0 spiro atoms. The van der Waals surface area contributed by atoms with Crippen molar-refractivity contribution < 1.29 is 22.7 Å². The van der Waals surface area contributed by atoms with Gasteiger partial charge in [0.1, 0.15) is 11.6 Å². The Labute approximate surface area is 78.2 Å². The quantitative estimate of drug-likeness (QED) is 0.766. The maximum Gasteiger partial charge on any atom is 0.387 e. The Balaban J connectivity index is 2.78. The van der Waals surface area contributed by atoms with Crippen molar-refractivity contribution in [2.45, 2.75) is 13.2 Å². The first kappa shape index (κ1) is 10.8. The van der Waals surface area contributed by atoms with Gasteiger partial charge < -0.3 is 4.74 Å². The van der Waals surface area contributed by atoms with Crippen LogP contribution in [0, 0.1) is 5.82 Å². The van der Waals surface area contributed by atoms with E-state index < -0.39 is 12.4 Å². The van der Waals surface area contributed by atoms with Crippen molar-refractivity contribution in [3.63, 3.8) is 0 Å². The summed E-state index contributed by atoms with van der Waals surface area (Å²) in [6.45, 7) is -3.09. The second-order valence-electron chi connectivity index (χ2n) is 2.44. The van der Waals surface area contributed by atoms with Crippen LogP contribution in [0.15, 0.2) is 18.2 Å². The second kappa shape index (κ2) is 4.83. The van der Waals surface area contributed by atoms with Crippen LogP contribution >= 0.6 is 0 Å². The van der Waals surface area contributed by atoms with Crippen LogP contribution < -0.4 is 10.6 Å². The molecule has 0 saturated heterocycles. The van der Waals surface area contributed by atoms with Gasteiger partial charge in [-0.2, -0.15) is 8.78 Å². The maximum atomic E-state index is 13.0. The van der Waals surface area contributed by atoms with Gasteiger partial charge in [-0.25, -0.2) is 10.3 Å². The van der Waals surface area contributed by atoms with Crippen molar-refractivity contribution in [1.29, 1.82) is 0 Å². The molecule has 6 heteroatoms. The lowest BCUT2D eigenvalue weighted by Crippen LogP contribution is -2.04. The molecule has 1 aromatic carbocycles. The van der Waals surface area contributed by atoms with Gasteiger partial charge in [0.25, 0.3) is 0 Å². The van der Waals surface area contributed by atoms with E-state index in [-0.39, 0.29) is 17.9 Å². The smallest absolute Gasteiger partial charge is 0.387 e. The highest BCUT2D eigenvalue weighted by molar-refractivity contribution is 5.28. The molecule has 0 heterocycles. The topological polar surface area (TPSA) is 44.5 Å². The molecule has 0 atom stereocenters. The highest BCUT2D eigenvalue weighted by atomic mass is 19.3. The molecule has 0 amide bonds. The maximum absolute atomic E-state index is 13.0. The Hall–Kier alpha value is -1.27. The molecular weight excluding hydrogens is 199 g/mol. The third kappa shape index (κ3) is 2.90. The van der Waals surface area contributed by atoms with Crippen molar-refractivity contribution >= 4 is 0 Å². The van der Waals surface area contributed by atoms with Gasteiger partial charge in [-0.15, -0.1) is 0 Å². The van der Waals surface area contributed by atoms with Gasteiger partial charge in [-0.3, -0.25) is 4.84 Å². The van der Waals surface area contributed by atoms with Crippen LogP contribution in [0.4, 0.5) is 13.2 Å². The standard InChI is InChI=1S/C8H8F3NO2/c9-7-3-6(14-8(10)11)2-1-5(7)4-13-12/h1-3,8H,4,12H2. The zero-order valence-electron chi connectivity index (χ0n) is 7.04. The molecule has 2 N–H and O–H groups in total. The van der Waals surface area contributed by atoms with Crippen molar-refractivity contribution in [3.05, 3.63) is 29.6 Å². The fourth-order valence-electron chi connectivity index (χ4n) is 0.911. The number of rotatable bonds is 4. The molecule has 1 aromatic rings. The summed E-state index contributed by atoms with van der Waals surface area (Å²) in [4.78, 5) is 4.20. The molecular formula is C8H8F3NO2. The van der Waals surface area contributed by atoms with E-state index in [0.29, 0.717) is 0 Å². The van der Waals surface area contributed by atoms with Gasteiger partial charge in [-0.1, -0.05) is 6.07 Å². The van der Waals surface area contributed by atoms with E-state index in [9.17, 15) is 13.2 Å². The third-order valence-electron chi connectivity index (χ3n) is 1.49. The van der Waals surface area contributed by atoms with E-state index in [1.807, 2.05) is 0 Å². The van der Waals surface area contributed by atoms with Gasteiger partial charge in [0, 0.05) is 11.6 Å². The Morgan fingerprint density at radius 2 is 2.07 bits per heavy atom. The first-order chi connectivity index (χ1) is 6.63. The van der Waals surface area contributed by atoms with Gasteiger partial charge in [-0.05, 0) is 6.07 Å². The lowest BCUT2D eigenvalue weighted by Gasteiger charge is -2.06. The summed E-state index contributed by atoms with van der Waals surface area (Å²) >= 11 is 0. The lowest BCUT2D eigenvalue weighted by molar-refractivity contribution is -0.0500. The predicted molar refractivity (Wildman–Crippen MR) is 42.0 cm³/mol. The fraction of sp³-hybridized carbons (Fsp3) is 0.250. The van der Waals surface area contributed by atoms with Gasteiger partial charge in [0.05, 0.1) is 6.61 Å². The summed E-state index contributed by atoms with van der Waals surface area (Å²) in [7, 11) is 0. The average Bonchev–Trinajstić information content (AvgIpc) is 2.09. The predicted octanol–water partition coefficient (Wildman–Crippen LogP) is 1.82. The molecule has 0 aromatic heterocycles.